The van der Waals surface area contributed by atoms with E-state index in [1.54, 1.807) is 24.3 Å². The van der Waals surface area contributed by atoms with Gasteiger partial charge in [-0.1, -0.05) is 24.3 Å². The molecule has 0 unspecified atom stereocenters. The molecule has 5 rings (SSSR count). The van der Waals surface area contributed by atoms with Crippen LogP contribution in [0.2, 0.25) is 0 Å². The second-order valence-electron chi connectivity index (χ2n) is 9.03. The Balaban J connectivity index is 1.54. The fourth-order valence-corrected chi connectivity index (χ4v) is 9.55. The first kappa shape index (κ1) is 21.9. The molecule has 0 N–H and O–H groups in total. The van der Waals surface area contributed by atoms with E-state index in [1.165, 1.54) is 24.3 Å². The summed E-state index contributed by atoms with van der Waals surface area (Å²) in [6, 6.07) is 10.5. The van der Waals surface area contributed by atoms with Crippen molar-refractivity contribution < 1.29 is 25.6 Å². The Hall–Kier alpha value is -1.88. The van der Waals surface area contributed by atoms with E-state index in [2.05, 4.69) is 0 Å². The van der Waals surface area contributed by atoms with Crippen molar-refractivity contribution in [1.82, 2.24) is 9.80 Å². The van der Waals surface area contributed by atoms with Crippen LogP contribution in [-0.4, -0.2) is 73.8 Å². The maximum atomic E-state index is 13.8. The number of hydrogen-bond acceptors (Lipinski definition) is 6. The number of nitrogens with zero attached hydrogens (tertiary/aromatic N) is 2. The smallest absolute Gasteiger partial charge is 0.153 e. The van der Waals surface area contributed by atoms with Crippen molar-refractivity contribution in [2.75, 3.05) is 23.0 Å². The Bertz CT molecular complexity index is 1120. The molecule has 3 aliphatic heterocycles. The lowest BCUT2D eigenvalue weighted by atomic mass is 9.93. The Kier molecular flexibility index (Phi) is 5.39. The first-order valence-electron chi connectivity index (χ1n) is 10.5. The molecule has 3 heterocycles. The maximum absolute atomic E-state index is 13.8. The van der Waals surface area contributed by atoms with Crippen LogP contribution in [0.1, 0.15) is 11.1 Å². The van der Waals surface area contributed by atoms with Gasteiger partial charge in [0.05, 0.1) is 23.0 Å². The third-order valence-electron chi connectivity index (χ3n) is 6.80. The van der Waals surface area contributed by atoms with Gasteiger partial charge >= 0.3 is 0 Å². The second-order valence-corrected chi connectivity index (χ2v) is 13.3. The van der Waals surface area contributed by atoms with E-state index in [9.17, 15) is 25.6 Å². The van der Waals surface area contributed by atoms with Gasteiger partial charge in [0.2, 0.25) is 0 Å². The number of halogens is 2. The standard InChI is InChI=1S/C22H24F2N2O4S2/c23-17-5-1-3-15(7-17)9-25-19-11-31(27,28)13-21(19)26(10-16-4-2-6-18(24)8-16)22-14-32(29,30)12-20(22)25/h1-8,19-22H,9-14H2/t19-,20-,21-,22+/m0/s1. The fraction of sp³-hybridized carbons (Fsp3) is 0.455. The topological polar surface area (TPSA) is 74.8 Å². The largest absolute Gasteiger partial charge is 0.288 e. The van der Waals surface area contributed by atoms with Crippen LogP contribution in [-0.2, 0) is 32.8 Å². The summed E-state index contributed by atoms with van der Waals surface area (Å²) < 4.78 is 78.2. The van der Waals surface area contributed by atoms with Crippen molar-refractivity contribution in [2.24, 2.45) is 0 Å². The van der Waals surface area contributed by atoms with E-state index in [4.69, 9.17) is 0 Å². The molecular weight excluding hydrogens is 458 g/mol. The van der Waals surface area contributed by atoms with E-state index in [-0.39, 0.29) is 36.1 Å². The van der Waals surface area contributed by atoms with Crippen molar-refractivity contribution in [2.45, 2.75) is 37.3 Å². The highest BCUT2D eigenvalue weighted by Crippen LogP contribution is 2.39. The SMILES string of the molecule is O=S1(=O)C[C@@H]2[C@H](C1)N(Cc1cccc(F)c1)[C@H]1CS(=O)(=O)C[C@@H]1N2Cc1cccc(F)c1. The van der Waals surface area contributed by atoms with Crippen molar-refractivity contribution >= 4 is 19.7 Å². The molecule has 3 saturated heterocycles. The van der Waals surface area contributed by atoms with E-state index < -0.39 is 55.5 Å². The zero-order valence-electron chi connectivity index (χ0n) is 17.3. The Morgan fingerprint density at radius 3 is 1.31 bits per heavy atom. The highest BCUT2D eigenvalue weighted by molar-refractivity contribution is 7.92. The summed E-state index contributed by atoms with van der Waals surface area (Å²) in [4.78, 5) is 3.92. The van der Waals surface area contributed by atoms with Crippen molar-refractivity contribution in [1.29, 1.82) is 0 Å². The van der Waals surface area contributed by atoms with Crippen LogP contribution in [0.25, 0.3) is 0 Å². The van der Waals surface area contributed by atoms with Crippen molar-refractivity contribution in [3.63, 3.8) is 0 Å². The summed E-state index contributed by atoms with van der Waals surface area (Å²) in [6.45, 7) is 0.553. The lowest BCUT2D eigenvalue weighted by molar-refractivity contribution is -0.0342. The highest BCUT2D eigenvalue weighted by atomic mass is 32.2. The Morgan fingerprint density at radius 2 is 1.00 bits per heavy atom. The van der Waals surface area contributed by atoms with E-state index in [0.717, 1.165) is 0 Å². The molecule has 0 aromatic heterocycles. The van der Waals surface area contributed by atoms with E-state index in [1.807, 2.05) is 9.80 Å². The lowest BCUT2D eigenvalue weighted by Gasteiger charge is -2.51. The third-order valence-corrected chi connectivity index (χ3v) is 10.2. The zero-order valence-corrected chi connectivity index (χ0v) is 18.9. The molecule has 3 fully saturated rings. The molecule has 0 bridgehead atoms. The molecular formula is C22H24F2N2O4S2. The summed E-state index contributed by atoms with van der Waals surface area (Å²) in [5.74, 6) is -1.07. The highest BCUT2D eigenvalue weighted by Gasteiger charge is 2.57. The van der Waals surface area contributed by atoms with Crippen molar-refractivity contribution in [3.8, 4) is 0 Å². The normalized spacial score (nSPS) is 31.3. The van der Waals surface area contributed by atoms with Gasteiger partial charge in [0.25, 0.3) is 0 Å². The van der Waals surface area contributed by atoms with Gasteiger partial charge in [-0.3, -0.25) is 9.80 Å². The maximum Gasteiger partial charge on any atom is 0.153 e. The molecule has 32 heavy (non-hydrogen) atoms. The number of piperazine rings is 1. The van der Waals surface area contributed by atoms with E-state index in [0.29, 0.717) is 11.1 Å². The van der Waals surface area contributed by atoms with Gasteiger partial charge in [-0.15, -0.1) is 0 Å². The van der Waals surface area contributed by atoms with Gasteiger partial charge < -0.3 is 0 Å². The lowest BCUT2D eigenvalue weighted by Crippen LogP contribution is -2.67. The predicted octanol–water partition coefficient (Wildman–Crippen LogP) is 1.61. The van der Waals surface area contributed by atoms with Gasteiger partial charge in [-0.25, -0.2) is 25.6 Å². The average Bonchev–Trinajstić information content (AvgIpc) is 3.19. The quantitative estimate of drug-likeness (QED) is 0.659. The monoisotopic (exact) mass is 482 g/mol. The van der Waals surface area contributed by atoms with Crippen LogP contribution in [0, 0.1) is 11.6 Å². The summed E-state index contributed by atoms with van der Waals surface area (Å²) in [5.41, 5.74) is 1.35. The minimum atomic E-state index is -3.34. The minimum absolute atomic E-state index is 0.0735. The van der Waals surface area contributed by atoms with Crippen LogP contribution in [0.15, 0.2) is 48.5 Å². The average molecular weight is 483 g/mol. The number of benzene rings is 2. The molecule has 0 saturated carbocycles. The molecule has 2 aromatic carbocycles. The Labute approximate surface area is 186 Å². The second kappa shape index (κ2) is 7.86. The Morgan fingerprint density at radius 1 is 0.656 bits per heavy atom. The van der Waals surface area contributed by atoms with Crippen LogP contribution >= 0.6 is 0 Å². The van der Waals surface area contributed by atoms with Crippen LogP contribution < -0.4 is 0 Å². The molecule has 0 aliphatic carbocycles. The summed E-state index contributed by atoms with van der Waals surface area (Å²) in [7, 11) is -6.67. The van der Waals surface area contributed by atoms with Gasteiger partial charge in [0.15, 0.2) is 19.7 Å². The van der Waals surface area contributed by atoms with Crippen LogP contribution in [0.4, 0.5) is 8.78 Å². The fourth-order valence-electron chi connectivity index (χ4n) is 5.54. The molecule has 6 nitrogen and oxygen atoms in total. The molecule has 10 heteroatoms. The predicted molar refractivity (Wildman–Crippen MR) is 116 cm³/mol. The van der Waals surface area contributed by atoms with Crippen LogP contribution in [0.3, 0.4) is 0 Å². The van der Waals surface area contributed by atoms with Crippen molar-refractivity contribution in [3.05, 3.63) is 71.3 Å². The number of rotatable bonds is 4. The zero-order chi connectivity index (χ0) is 22.7. The summed E-state index contributed by atoms with van der Waals surface area (Å²) in [5, 5.41) is 0. The molecule has 2 aromatic rings. The molecule has 172 valence electrons. The van der Waals surface area contributed by atoms with E-state index >= 15 is 0 Å². The van der Waals surface area contributed by atoms with Gasteiger partial charge in [-0.2, -0.15) is 0 Å². The van der Waals surface area contributed by atoms with Gasteiger partial charge in [-0.05, 0) is 35.4 Å². The van der Waals surface area contributed by atoms with Gasteiger partial charge in [0, 0.05) is 37.3 Å². The molecule has 0 amide bonds. The molecule has 0 spiro atoms. The van der Waals surface area contributed by atoms with Crippen LogP contribution in [0.5, 0.6) is 0 Å². The minimum Gasteiger partial charge on any atom is -0.288 e. The third kappa shape index (κ3) is 4.21. The number of hydrogen-bond donors (Lipinski definition) is 0. The molecule has 0 radical (unpaired) electrons. The molecule has 4 atom stereocenters. The number of fused-ring (bicyclic) bond motifs is 2. The van der Waals surface area contributed by atoms with Gasteiger partial charge in [0.1, 0.15) is 11.6 Å². The molecule has 3 aliphatic rings. The first-order chi connectivity index (χ1) is 15.1. The first-order valence-corrected chi connectivity index (χ1v) is 14.2. The summed E-state index contributed by atoms with van der Waals surface area (Å²) in [6.07, 6.45) is 0. The summed E-state index contributed by atoms with van der Waals surface area (Å²) >= 11 is 0. The number of sulfone groups is 2.